The molecule has 0 aliphatic carbocycles. The van der Waals surface area contributed by atoms with Gasteiger partial charge in [-0.15, -0.1) is 0 Å². The molecular weight excluding hydrogens is 246 g/mol. The van der Waals surface area contributed by atoms with Crippen LogP contribution in [0.4, 0.5) is 5.69 Å². The molecule has 0 radical (unpaired) electrons. The molecule has 5 nitrogen and oxygen atoms in total. The van der Waals surface area contributed by atoms with E-state index in [1.54, 1.807) is 24.3 Å². The summed E-state index contributed by atoms with van der Waals surface area (Å²) in [6.07, 6.45) is 0.466. The maximum Gasteiger partial charge on any atom is 0.343 e. The minimum absolute atomic E-state index is 0.0416. The number of carbonyl (C=O) groups is 2. The van der Waals surface area contributed by atoms with Gasteiger partial charge in [0.1, 0.15) is 5.75 Å². The van der Waals surface area contributed by atoms with Gasteiger partial charge in [-0.05, 0) is 18.1 Å². The smallest absolute Gasteiger partial charge is 0.343 e. The van der Waals surface area contributed by atoms with Crippen LogP contribution in [0.2, 0.25) is 0 Å². The van der Waals surface area contributed by atoms with E-state index >= 15 is 0 Å². The van der Waals surface area contributed by atoms with Crippen LogP contribution < -0.4 is 10.1 Å². The molecule has 0 spiro atoms. The molecule has 1 aromatic rings. The molecule has 1 aromatic carbocycles. The number of anilines is 1. The number of carbonyl (C=O) groups excluding carboxylic acids is 2. The first-order valence-corrected chi connectivity index (χ1v) is 6.10. The average Bonchev–Trinajstić information content (AvgIpc) is 2.35. The fourth-order valence-electron chi connectivity index (χ4n) is 1.45. The van der Waals surface area contributed by atoms with E-state index in [0.717, 1.165) is 0 Å². The van der Waals surface area contributed by atoms with Crippen molar-refractivity contribution in [3.05, 3.63) is 24.3 Å². The number of amides is 1. The van der Waals surface area contributed by atoms with Gasteiger partial charge in [0.2, 0.25) is 5.91 Å². The van der Waals surface area contributed by atoms with E-state index in [1.807, 2.05) is 13.8 Å². The molecule has 0 unspecified atom stereocenters. The quantitative estimate of drug-likeness (QED) is 0.801. The first-order valence-electron chi connectivity index (χ1n) is 6.10. The van der Waals surface area contributed by atoms with Crippen LogP contribution in [0.15, 0.2) is 24.3 Å². The number of hydrogen-bond donors (Lipinski definition) is 1. The molecule has 0 saturated heterocycles. The molecule has 0 aliphatic heterocycles. The Labute approximate surface area is 112 Å². The van der Waals surface area contributed by atoms with E-state index < -0.39 is 5.97 Å². The number of rotatable bonds is 6. The fourth-order valence-corrected chi connectivity index (χ4v) is 1.45. The van der Waals surface area contributed by atoms with Crippen molar-refractivity contribution in [1.29, 1.82) is 0 Å². The van der Waals surface area contributed by atoms with E-state index in [-0.39, 0.29) is 12.5 Å². The van der Waals surface area contributed by atoms with Gasteiger partial charge in [0.25, 0.3) is 0 Å². The Morgan fingerprint density at radius 1 is 1.32 bits per heavy atom. The number of benzene rings is 1. The second-order valence-corrected chi connectivity index (χ2v) is 4.54. The summed E-state index contributed by atoms with van der Waals surface area (Å²) in [5.74, 6) is 0.320. The monoisotopic (exact) mass is 265 g/mol. The van der Waals surface area contributed by atoms with Crippen LogP contribution in [0.25, 0.3) is 0 Å². The molecule has 0 aromatic heterocycles. The number of nitrogens with one attached hydrogen (secondary N) is 1. The lowest BCUT2D eigenvalue weighted by atomic mass is 10.1. The maximum atomic E-state index is 11.6. The minimum atomic E-state index is -0.450. The van der Waals surface area contributed by atoms with Gasteiger partial charge in [0.15, 0.2) is 6.61 Å². The SMILES string of the molecule is COC(=O)COc1cccc(NC(=O)CC(C)C)c1. The minimum Gasteiger partial charge on any atom is -0.482 e. The van der Waals surface area contributed by atoms with E-state index in [0.29, 0.717) is 23.8 Å². The summed E-state index contributed by atoms with van der Waals surface area (Å²) < 4.78 is 9.71. The van der Waals surface area contributed by atoms with Crippen molar-refractivity contribution >= 4 is 17.6 Å². The van der Waals surface area contributed by atoms with Gasteiger partial charge in [0, 0.05) is 18.2 Å². The Morgan fingerprint density at radius 2 is 2.05 bits per heavy atom. The number of hydrogen-bond acceptors (Lipinski definition) is 4. The first kappa shape index (κ1) is 15.0. The van der Waals surface area contributed by atoms with Gasteiger partial charge in [0.05, 0.1) is 7.11 Å². The maximum absolute atomic E-state index is 11.6. The Bertz CT molecular complexity index is 443. The van der Waals surface area contributed by atoms with E-state index in [9.17, 15) is 9.59 Å². The summed E-state index contributed by atoms with van der Waals surface area (Å²) in [6.45, 7) is 3.81. The van der Waals surface area contributed by atoms with E-state index in [1.165, 1.54) is 7.11 Å². The van der Waals surface area contributed by atoms with Crippen LogP contribution in [-0.2, 0) is 14.3 Å². The second kappa shape index (κ2) is 7.41. The van der Waals surface area contributed by atoms with Crippen molar-refractivity contribution in [3.63, 3.8) is 0 Å². The molecule has 5 heteroatoms. The number of methoxy groups -OCH3 is 1. The fraction of sp³-hybridized carbons (Fsp3) is 0.429. The van der Waals surface area contributed by atoms with Crippen LogP contribution in [-0.4, -0.2) is 25.6 Å². The molecule has 1 rings (SSSR count). The van der Waals surface area contributed by atoms with Gasteiger partial charge >= 0.3 is 5.97 Å². The Hall–Kier alpha value is -2.04. The molecule has 0 bridgehead atoms. The Kier molecular flexibility index (Phi) is 5.85. The normalized spacial score (nSPS) is 10.1. The molecule has 19 heavy (non-hydrogen) atoms. The molecule has 0 saturated carbocycles. The molecule has 0 heterocycles. The summed E-state index contributed by atoms with van der Waals surface area (Å²) in [4.78, 5) is 22.6. The largest absolute Gasteiger partial charge is 0.482 e. The van der Waals surface area contributed by atoms with Crippen LogP contribution in [0, 0.1) is 5.92 Å². The van der Waals surface area contributed by atoms with E-state index in [2.05, 4.69) is 10.1 Å². The molecular formula is C14H19NO4. The summed E-state index contributed by atoms with van der Waals surface area (Å²) in [6, 6.07) is 6.89. The van der Waals surface area contributed by atoms with Crippen molar-refractivity contribution in [2.24, 2.45) is 5.92 Å². The standard InChI is InChI=1S/C14H19NO4/c1-10(2)7-13(16)15-11-5-4-6-12(8-11)19-9-14(17)18-3/h4-6,8,10H,7,9H2,1-3H3,(H,15,16). The third-order valence-electron chi connectivity index (χ3n) is 2.30. The van der Waals surface area contributed by atoms with Gasteiger partial charge < -0.3 is 14.8 Å². The van der Waals surface area contributed by atoms with Crippen LogP contribution in [0.3, 0.4) is 0 Å². The summed E-state index contributed by atoms with van der Waals surface area (Å²) >= 11 is 0. The predicted molar refractivity (Wildman–Crippen MR) is 72.0 cm³/mol. The highest BCUT2D eigenvalue weighted by molar-refractivity contribution is 5.91. The summed E-state index contributed by atoms with van der Waals surface area (Å²) in [7, 11) is 1.30. The lowest BCUT2D eigenvalue weighted by molar-refractivity contribution is -0.142. The molecule has 0 fully saturated rings. The third-order valence-corrected chi connectivity index (χ3v) is 2.30. The molecule has 0 atom stereocenters. The zero-order valence-electron chi connectivity index (χ0n) is 11.4. The topological polar surface area (TPSA) is 64.6 Å². The number of esters is 1. The van der Waals surface area contributed by atoms with Crippen molar-refractivity contribution in [2.75, 3.05) is 19.0 Å². The van der Waals surface area contributed by atoms with Crippen molar-refractivity contribution in [2.45, 2.75) is 20.3 Å². The molecule has 0 aliphatic rings. The molecule has 1 amide bonds. The van der Waals surface area contributed by atoms with Gasteiger partial charge in [-0.3, -0.25) is 4.79 Å². The highest BCUT2D eigenvalue weighted by Crippen LogP contribution is 2.18. The average molecular weight is 265 g/mol. The summed E-state index contributed by atoms with van der Waals surface area (Å²) in [5.41, 5.74) is 0.646. The van der Waals surface area contributed by atoms with Crippen molar-refractivity contribution in [3.8, 4) is 5.75 Å². The van der Waals surface area contributed by atoms with Crippen molar-refractivity contribution in [1.82, 2.24) is 0 Å². The van der Waals surface area contributed by atoms with Gasteiger partial charge in [-0.25, -0.2) is 4.79 Å². The second-order valence-electron chi connectivity index (χ2n) is 4.54. The Balaban J connectivity index is 2.56. The molecule has 104 valence electrons. The zero-order valence-corrected chi connectivity index (χ0v) is 11.4. The highest BCUT2D eigenvalue weighted by atomic mass is 16.6. The van der Waals surface area contributed by atoms with Crippen LogP contribution in [0.1, 0.15) is 20.3 Å². The molecule has 1 N–H and O–H groups in total. The van der Waals surface area contributed by atoms with Crippen molar-refractivity contribution < 1.29 is 19.1 Å². The predicted octanol–water partition coefficient (Wildman–Crippen LogP) is 2.22. The number of ether oxygens (including phenoxy) is 2. The Morgan fingerprint density at radius 3 is 2.68 bits per heavy atom. The lowest BCUT2D eigenvalue weighted by Crippen LogP contribution is -2.14. The van der Waals surface area contributed by atoms with Gasteiger partial charge in [-0.1, -0.05) is 19.9 Å². The lowest BCUT2D eigenvalue weighted by Gasteiger charge is -2.09. The first-order chi connectivity index (χ1) is 9.01. The highest BCUT2D eigenvalue weighted by Gasteiger charge is 2.06. The van der Waals surface area contributed by atoms with E-state index in [4.69, 9.17) is 4.74 Å². The van der Waals surface area contributed by atoms with Crippen LogP contribution >= 0.6 is 0 Å². The summed E-state index contributed by atoms with van der Waals surface area (Å²) in [5, 5.41) is 2.78. The third kappa shape index (κ3) is 5.90. The zero-order chi connectivity index (χ0) is 14.3. The van der Waals surface area contributed by atoms with Gasteiger partial charge in [-0.2, -0.15) is 0 Å². The van der Waals surface area contributed by atoms with Crippen LogP contribution in [0.5, 0.6) is 5.75 Å².